The maximum Gasteiger partial charge on any atom is 0.338 e. The lowest BCUT2D eigenvalue weighted by atomic mass is 9.93. The van der Waals surface area contributed by atoms with E-state index < -0.39 is 5.97 Å². The number of carbonyl (C=O) groups excluding carboxylic acids is 1. The van der Waals surface area contributed by atoms with Crippen LogP contribution in [0.4, 0.5) is 4.39 Å². The highest BCUT2D eigenvalue weighted by Gasteiger charge is 2.13. The topological polar surface area (TPSA) is 26.3 Å². The zero-order valence-corrected chi connectivity index (χ0v) is 10.8. The van der Waals surface area contributed by atoms with Gasteiger partial charge in [-0.3, -0.25) is 0 Å². The largest absolute Gasteiger partial charge is 0.462 e. The number of hydrogen-bond acceptors (Lipinski definition) is 2. The summed E-state index contributed by atoms with van der Waals surface area (Å²) in [4.78, 5) is 11.6. The minimum absolute atomic E-state index is 0.138. The van der Waals surface area contributed by atoms with Crippen molar-refractivity contribution in [3.8, 4) is 0 Å². The normalized spacial score (nSPS) is 11.4. The number of hydrogen-bond donors (Lipinski definition) is 0. The third-order valence-corrected chi connectivity index (χ3v) is 2.48. The van der Waals surface area contributed by atoms with Crippen molar-refractivity contribution >= 4 is 5.97 Å². The van der Waals surface area contributed by atoms with E-state index in [2.05, 4.69) is 20.8 Å². The van der Waals surface area contributed by atoms with Crippen LogP contribution in [0.2, 0.25) is 0 Å². The molecule has 0 N–H and O–H groups in total. The molecule has 0 spiro atoms. The first-order valence-electron chi connectivity index (χ1n) is 5.73. The molecule has 0 aliphatic rings. The van der Waals surface area contributed by atoms with Gasteiger partial charge in [0.25, 0.3) is 0 Å². The minimum atomic E-state index is -0.391. The van der Waals surface area contributed by atoms with E-state index >= 15 is 0 Å². The van der Waals surface area contributed by atoms with Crippen LogP contribution < -0.4 is 0 Å². The molecule has 0 heterocycles. The van der Waals surface area contributed by atoms with Crippen molar-refractivity contribution in [1.82, 2.24) is 0 Å². The van der Waals surface area contributed by atoms with Gasteiger partial charge >= 0.3 is 5.97 Å². The van der Waals surface area contributed by atoms with Crippen LogP contribution in [0.15, 0.2) is 18.2 Å². The zero-order chi connectivity index (χ0) is 13.1. The fourth-order valence-corrected chi connectivity index (χ4v) is 1.30. The van der Waals surface area contributed by atoms with E-state index in [-0.39, 0.29) is 11.2 Å². The highest BCUT2D eigenvalue weighted by Crippen LogP contribution is 2.18. The summed E-state index contributed by atoms with van der Waals surface area (Å²) < 4.78 is 18.2. The van der Waals surface area contributed by atoms with Crippen molar-refractivity contribution < 1.29 is 13.9 Å². The molecule has 0 radical (unpaired) electrons. The number of benzene rings is 1. The lowest BCUT2D eigenvalue weighted by Gasteiger charge is -2.17. The second kappa shape index (κ2) is 5.30. The van der Waals surface area contributed by atoms with Crippen molar-refractivity contribution in [3.63, 3.8) is 0 Å². The number of halogens is 1. The van der Waals surface area contributed by atoms with Gasteiger partial charge in [0.05, 0.1) is 12.2 Å². The molecular formula is C14H19FO2. The molecular weight excluding hydrogens is 219 g/mol. The Balaban J connectivity index is 2.56. The molecule has 2 nitrogen and oxygen atoms in total. The summed E-state index contributed by atoms with van der Waals surface area (Å²) in [5.41, 5.74) is 0.993. The minimum Gasteiger partial charge on any atom is -0.462 e. The summed E-state index contributed by atoms with van der Waals surface area (Å²) in [6.07, 6.45) is 0.804. The summed E-state index contributed by atoms with van der Waals surface area (Å²) in [6, 6.07) is 4.24. The lowest BCUT2D eigenvalue weighted by Crippen LogP contribution is -2.13. The van der Waals surface area contributed by atoms with E-state index in [9.17, 15) is 9.18 Å². The van der Waals surface area contributed by atoms with Gasteiger partial charge in [-0.25, -0.2) is 9.18 Å². The van der Waals surface area contributed by atoms with Crippen LogP contribution in [-0.4, -0.2) is 12.6 Å². The van der Waals surface area contributed by atoms with Crippen LogP contribution in [0.3, 0.4) is 0 Å². The average Bonchev–Trinajstić information content (AvgIpc) is 2.20. The highest BCUT2D eigenvalue weighted by molar-refractivity contribution is 5.89. The SMILES string of the molecule is Cc1cc(C(=O)OCCC(C)(C)C)ccc1F. The smallest absolute Gasteiger partial charge is 0.338 e. The Hall–Kier alpha value is -1.38. The van der Waals surface area contributed by atoms with E-state index in [1.807, 2.05) is 0 Å². The van der Waals surface area contributed by atoms with Crippen LogP contribution in [0, 0.1) is 18.2 Å². The van der Waals surface area contributed by atoms with Gasteiger partial charge in [-0.05, 0) is 42.5 Å². The molecule has 0 unspecified atom stereocenters. The van der Waals surface area contributed by atoms with Crippen LogP contribution in [0.25, 0.3) is 0 Å². The fraction of sp³-hybridized carbons (Fsp3) is 0.500. The Morgan fingerprint density at radius 2 is 2.00 bits per heavy atom. The van der Waals surface area contributed by atoms with Crippen molar-refractivity contribution in [3.05, 3.63) is 35.1 Å². The van der Waals surface area contributed by atoms with Crippen LogP contribution in [-0.2, 0) is 4.74 Å². The monoisotopic (exact) mass is 238 g/mol. The first-order valence-corrected chi connectivity index (χ1v) is 5.73. The predicted molar refractivity (Wildman–Crippen MR) is 65.5 cm³/mol. The highest BCUT2D eigenvalue weighted by atomic mass is 19.1. The fourth-order valence-electron chi connectivity index (χ4n) is 1.30. The third kappa shape index (κ3) is 4.55. The number of esters is 1. The summed E-state index contributed by atoms with van der Waals surface area (Å²) in [7, 11) is 0. The van der Waals surface area contributed by atoms with Gasteiger partial charge in [-0.1, -0.05) is 20.8 Å². The molecule has 0 saturated heterocycles. The first kappa shape index (κ1) is 13.7. The summed E-state index contributed by atoms with van der Waals surface area (Å²) >= 11 is 0. The van der Waals surface area contributed by atoms with E-state index in [0.717, 1.165) is 6.42 Å². The van der Waals surface area contributed by atoms with Gasteiger partial charge in [0.1, 0.15) is 5.82 Å². The molecule has 0 aromatic heterocycles. The van der Waals surface area contributed by atoms with Gasteiger partial charge in [0, 0.05) is 0 Å². The molecule has 3 heteroatoms. The van der Waals surface area contributed by atoms with Crippen molar-refractivity contribution in [2.75, 3.05) is 6.61 Å². The van der Waals surface area contributed by atoms with Crippen molar-refractivity contribution in [2.45, 2.75) is 34.1 Å². The Bertz CT molecular complexity index is 405. The molecule has 0 bridgehead atoms. The molecule has 0 aliphatic carbocycles. The number of rotatable bonds is 3. The lowest BCUT2D eigenvalue weighted by molar-refractivity contribution is 0.0464. The van der Waals surface area contributed by atoms with E-state index in [1.54, 1.807) is 6.92 Å². The second-order valence-electron chi connectivity index (χ2n) is 5.41. The predicted octanol–water partition coefficient (Wildman–Crippen LogP) is 3.73. The van der Waals surface area contributed by atoms with Gasteiger partial charge in [0.2, 0.25) is 0 Å². The van der Waals surface area contributed by atoms with Crippen LogP contribution in [0.5, 0.6) is 0 Å². The molecule has 17 heavy (non-hydrogen) atoms. The molecule has 0 fully saturated rings. The van der Waals surface area contributed by atoms with Gasteiger partial charge in [-0.2, -0.15) is 0 Å². The molecule has 0 saturated carbocycles. The van der Waals surface area contributed by atoms with Gasteiger partial charge in [-0.15, -0.1) is 0 Å². The number of ether oxygens (including phenoxy) is 1. The standard InChI is InChI=1S/C14H19FO2/c1-10-9-11(5-6-12(10)15)13(16)17-8-7-14(2,3)4/h5-6,9H,7-8H2,1-4H3. The zero-order valence-electron chi connectivity index (χ0n) is 10.8. The van der Waals surface area contributed by atoms with Crippen molar-refractivity contribution in [2.24, 2.45) is 5.41 Å². The third-order valence-electron chi connectivity index (χ3n) is 2.48. The van der Waals surface area contributed by atoms with Crippen LogP contribution in [0.1, 0.15) is 43.1 Å². The summed E-state index contributed by atoms with van der Waals surface area (Å²) in [6.45, 7) is 8.27. The maximum absolute atomic E-state index is 13.0. The first-order chi connectivity index (χ1) is 7.79. The molecule has 1 aromatic rings. The van der Waals surface area contributed by atoms with E-state index in [0.29, 0.717) is 17.7 Å². The molecule has 1 aromatic carbocycles. The van der Waals surface area contributed by atoms with E-state index in [1.165, 1.54) is 18.2 Å². The molecule has 94 valence electrons. The average molecular weight is 238 g/mol. The molecule has 0 atom stereocenters. The second-order valence-corrected chi connectivity index (χ2v) is 5.41. The molecule has 1 rings (SSSR count). The Kier molecular flexibility index (Phi) is 4.27. The van der Waals surface area contributed by atoms with Gasteiger partial charge in [0.15, 0.2) is 0 Å². The van der Waals surface area contributed by atoms with Gasteiger partial charge < -0.3 is 4.74 Å². The summed E-state index contributed by atoms with van der Waals surface area (Å²) in [5, 5.41) is 0. The van der Waals surface area contributed by atoms with Crippen LogP contribution >= 0.6 is 0 Å². The molecule has 0 amide bonds. The van der Waals surface area contributed by atoms with Crippen molar-refractivity contribution in [1.29, 1.82) is 0 Å². The molecule has 0 aliphatic heterocycles. The number of aryl methyl sites for hydroxylation is 1. The number of carbonyl (C=O) groups is 1. The maximum atomic E-state index is 13.0. The summed E-state index contributed by atoms with van der Waals surface area (Å²) in [5.74, 6) is -0.700. The Morgan fingerprint density at radius 1 is 1.35 bits per heavy atom. The Morgan fingerprint density at radius 3 is 2.53 bits per heavy atom. The Labute approximate surface area is 102 Å². The van der Waals surface area contributed by atoms with E-state index in [4.69, 9.17) is 4.74 Å². The quantitative estimate of drug-likeness (QED) is 0.750.